The molecule has 6 nitrogen and oxygen atoms in total. The van der Waals surface area contributed by atoms with E-state index >= 15 is 0 Å². The van der Waals surface area contributed by atoms with Crippen molar-refractivity contribution < 1.29 is 14.3 Å². The number of nitrogens with zero attached hydrogens (tertiary/aromatic N) is 2. The average Bonchev–Trinajstić information content (AvgIpc) is 3.09. The molecular formula is C19H19N3O3S2. The second-order valence-electron chi connectivity index (χ2n) is 5.53. The smallest absolute Gasteiger partial charge is 0.306 e. The molecule has 27 heavy (non-hydrogen) atoms. The number of nitrogens with one attached hydrogen (secondary N) is 1. The number of benzene rings is 1. The number of hydrogen-bond donors (Lipinski definition) is 1. The highest BCUT2D eigenvalue weighted by molar-refractivity contribution is 7.99. The second kappa shape index (κ2) is 9.38. The van der Waals surface area contributed by atoms with Crippen molar-refractivity contribution in [1.82, 2.24) is 9.97 Å². The summed E-state index contributed by atoms with van der Waals surface area (Å²) in [6, 6.07) is 11.4. The van der Waals surface area contributed by atoms with Gasteiger partial charge in [0, 0.05) is 22.2 Å². The van der Waals surface area contributed by atoms with Crippen LogP contribution in [0.15, 0.2) is 52.9 Å². The lowest BCUT2D eigenvalue weighted by Crippen LogP contribution is -2.01. The number of methoxy groups -OCH3 is 1. The molecule has 2 aromatic heterocycles. The van der Waals surface area contributed by atoms with Crippen LogP contribution in [0.5, 0.6) is 11.5 Å². The number of pyridine rings is 1. The largest absolute Gasteiger partial charge is 0.469 e. The molecule has 8 heteroatoms. The summed E-state index contributed by atoms with van der Waals surface area (Å²) in [5, 5.41) is 5.94. The van der Waals surface area contributed by atoms with E-state index in [0.717, 1.165) is 21.5 Å². The molecule has 0 aliphatic rings. The van der Waals surface area contributed by atoms with Crippen molar-refractivity contribution in [1.29, 1.82) is 0 Å². The summed E-state index contributed by atoms with van der Waals surface area (Å²) < 4.78 is 10.7. The number of hydrogen-bond acceptors (Lipinski definition) is 8. The van der Waals surface area contributed by atoms with Crippen LogP contribution in [0.25, 0.3) is 0 Å². The van der Waals surface area contributed by atoms with Gasteiger partial charge in [-0.05, 0) is 25.1 Å². The number of aromatic nitrogens is 2. The van der Waals surface area contributed by atoms with E-state index in [9.17, 15) is 4.79 Å². The van der Waals surface area contributed by atoms with Crippen LogP contribution in [-0.4, -0.2) is 28.8 Å². The number of thiazole rings is 1. The fraction of sp³-hybridized carbons (Fsp3) is 0.211. The predicted molar refractivity (Wildman–Crippen MR) is 108 cm³/mol. The Morgan fingerprint density at radius 3 is 2.81 bits per heavy atom. The topological polar surface area (TPSA) is 73.3 Å². The molecule has 0 saturated heterocycles. The van der Waals surface area contributed by atoms with Gasteiger partial charge in [-0.15, -0.1) is 23.1 Å². The molecule has 0 saturated carbocycles. The van der Waals surface area contributed by atoms with E-state index in [4.69, 9.17) is 4.74 Å². The first kappa shape index (κ1) is 19.2. The molecule has 1 aromatic carbocycles. The molecule has 140 valence electrons. The van der Waals surface area contributed by atoms with Gasteiger partial charge < -0.3 is 14.8 Å². The quantitative estimate of drug-likeness (QED) is 0.419. The third kappa shape index (κ3) is 5.70. The number of thioether (sulfide) groups is 1. The highest BCUT2D eigenvalue weighted by Gasteiger charge is 2.12. The monoisotopic (exact) mass is 401 g/mol. The van der Waals surface area contributed by atoms with Crippen molar-refractivity contribution in [2.75, 3.05) is 18.2 Å². The lowest BCUT2D eigenvalue weighted by atomic mass is 10.3. The average molecular weight is 402 g/mol. The zero-order valence-corrected chi connectivity index (χ0v) is 16.6. The first-order valence-electron chi connectivity index (χ1n) is 8.26. The summed E-state index contributed by atoms with van der Waals surface area (Å²) in [7, 11) is 1.39. The van der Waals surface area contributed by atoms with Crippen LogP contribution in [-0.2, 0) is 9.53 Å². The summed E-state index contributed by atoms with van der Waals surface area (Å²) in [4.78, 5) is 21.1. The molecule has 0 radical (unpaired) electrons. The molecule has 0 bridgehead atoms. The third-order valence-electron chi connectivity index (χ3n) is 3.45. The summed E-state index contributed by atoms with van der Waals surface area (Å²) in [6.07, 6.45) is 2.09. The third-order valence-corrected chi connectivity index (χ3v) is 5.29. The van der Waals surface area contributed by atoms with E-state index in [-0.39, 0.29) is 5.97 Å². The van der Waals surface area contributed by atoms with E-state index in [0.29, 0.717) is 23.7 Å². The minimum absolute atomic E-state index is 0.228. The highest BCUT2D eigenvalue weighted by Crippen LogP contribution is 2.34. The van der Waals surface area contributed by atoms with E-state index < -0.39 is 0 Å². The Morgan fingerprint density at radius 1 is 1.30 bits per heavy atom. The Balaban J connectivity index is 1.79. The van der Waals surface area contributed by atoms with E-state index in [1.165, 1.54) is 30.2 Å². The number of anilines is 2. The van der Waals surface area contributed by atoms with Gasteiger partial charge in [-0.1, -0.05) is 18.2 Å². The Bertz CT molecular complexity index is 900. The van der Waals surface area contributed by atoms with Crippen LogP contribution < -0.4 is 10.1 Å². The predicted octanol–water partition coefficient (Wildman–Crippen LogP) is 5.04. The zero-order valence-electron chi connectivity index (χ0n) is 15.0. The maximum Gasteiger partial charge on any atom is 0.306 e. The zero-order chi connectivity index (χ0) is 19.1. The lowest BCUT2D eigenvalue weighted by Gasteiger charge is -2.12. The van der Waals surface area contributed by atoms with Gasteiger partial charge in [0.15, 0.2) is 16.7 Å². The van der Waals surface area contributed by atoms with Crippen LogP contribution in [0.3, 0.4) is 0 Å². The van der Waals surface area contributed by atoms with Crippen molar-refractivity contribution in [3.8, 4) is 11.5 Å². The van der Waals surface area contributed by atoms with Crippen LogP contribution in [0, 0.1) is 6.92 Å². The van der Waals surface area contributed by atoms with Gasteiger partial charge in [0.25, 0.3) is 0 Å². The lowest BCUT2D eigenvalue weighted by molar-refractivity contribution is -0.140. The molecule has 0 fully saturated rings. The molecule has 1 N–H and O–H groups in total. The summed E-state index contributed by atoms with van der Waals surface area (Å²) in [5.41, 5.74) is 0.947. The molecule has 3 aromatic rings. The minimum Gasteiger partial charge on any atom is -0.469 e. The maximum absolute atomic E-state index is 11.3. The van der Waals surface area contributed by atoms with Crippen LogP contribution in [0.2, 0.25) is 0 Å². The van der Waals surface area contributed by atoms with Crippen molar-refractivity contribution in [3.05, 3.63) is 53.7 Å². The first-order valence-corrected chi connectivity index (χ1v) is 10.1. The van der Waals surface area contributed by atoms with Crippen molar-refractivity contribution in [3.63, 3.8) is 0 Å². The minimum atomic E-state index is -0.228. The summed E-state index contributed by atoms with van der Waals surface area (Å²) in [5.74, 6) is 2.28. The van der Waals surface area contributed by atoms with Gasteiger partial charge in [0.2, 0.25) is 0 Å². The number of aryl methyl sites for hydroxylation is 1. The molecule has 0 atom stereocenters. The number of ether oxygens (including phenoxy) is 2. The standard InChI is InChI=1S/C19H19N3O3S2/c1-13-12-27-19(21-13)22-18-16(25-14-6-4-3-5-7-14)10-15(11-20-18)26-9-8-17(23)24-2/h3-7,10-12H,8-9H2,1-2H3,(H,20,21,22). The van der Waals surface area contributed by atoms with Gasteiger partial charge in [-0.2, -0.15) is 0 Å². The number of carbonyl (C=O) groups excluding carboxylic acids is 1. The Hall–Kier alpha value is -2.58. The molecule has 0 aliphatic heterocycles. The molecule has 2 heterocycles. The van der Waals surface area contributed by atoms with E-state index in [2.05, 4.69) is 20.0 Å². The van der Waals surface area contributed by atoms with Gasteiger partial charge >= 0.3 is 5.97 Å². The van der Waals surface area contributed by atoms with Gasteiger partial charge in [0.1, 0.15) is 5.75 Å². The van der Waals surface area contributed by atoms with Crippen LogP contribution >= 0.6 is 23.1 Å². The first-order chi connectivity index (χ1) is 13.1. The van der Waals surface area contributed by atoms with Crippen LogP contribution in [0.4, 0.5) is 10.9 Å². The van der Waals surface area contributed by atoms with Gasteiger partial charge in [-0.3, -0.25) is 4.79 Å². The molecule has 0 spiro atoms. The SMILES string of the molecule is COC(=O)CCSc1cnc(Nc2nc(C)cs2)c(Oc2ccccc2)c1. The Labute approximate surface area is 166 Å². The van der Waals surface area contributed by atoms with E-state index in [1.807, 2.05) is 48.7 Å². The van der Waals surface area contributed by atoms with Gasteiger partial charge in [0.05, 0.1) is 19.2 Å². The summed E-state index contributed by atoms with van der Waals surface area (Å²) in [6.45, 7) is 1.94. The number of para-hydroxylation sites is 1. The maximum atomic E-state index is 11.3. The molecule has 0 amide bonds. The van der Waals surface area contributed by atoms with Crippen molar-refractivity contribution in [2.24, 2.45) is 0 Å². The van der Waals surface area contributed by atoms with Crippen LogP contribution in [0.1, 0.15) is 12.1 Å². The second-order valence-corrected chi connectivity index (χ2v) is 7.55. The van der Waals surface area contributed by atoms with Gasteiger partial charge in [-0.25, -0.2) is 9.97 Å². The fourth-order valence-corrected chi connectivity index (χ4v) is 3.67. The highest BCUT2D eigenvalue weighted by atomic mass is 32.2. The molecule has 0 aliphatic carbocycles. The number of esters is 1. The molecular weight excluding hydrogens is 382 g/mol. The Kier molecular flexibility index (Phi) is 6.67. The fourth-order valence-electron chi connectivity index (χ4n) is 2.16. The van der Waals surface area contributed by atoms with Crippen molar-refractivity contribution >= 4 is 40.0 Å². The molecule has 3 rings (SSSR count). The number of carbonyl (C=O) groups is 1. The number of rotatable bonds is 8. The summed E-state index contributed by atoms with van der Waals surface area (Å²) >= 11 is 3.03. The Morgan fingerprint density at radius 2 is 2.11 bits per heavy atom. The normalized spacial score (nSPS) is 10.4. The van der Waals surface area contributed by atoms with Crippen molar-refractivity contribution in [2.45, 2.75) is 18.2 Å². The molecule has 0 unspecified atom stereocenters. The van der Waals surface area contributed by atoms with E-state index in [1.54, 1.807) is 6.20 Å².